The van der Waals surface area contributed by atoms with Crippen LogP contribution in [0.1, 0.15) is 42.5 Å². The van der Waals surface area contributed by atoms with E-state index < -0.39 is 0 Å². The molecular formula is C17H21NO3. The van der Waals surface area contributed by atoms with Crippen LogP contribution < -0.4 is 5.32 Å². The van der Waals surface area contributed by atoms with Crippen molar-refractivity contribution in [3.05, 3.63) is 29.8 Å². The Bertz CT molecular complexity index is 537. The van der Waals surface area contributed by atoms with Crippen molar-refractivity contribution < 1.29 is 14.3 Å². The van der Waals surface area contributed by atoms with Gasteiger partial charge in [0.05, 0.1) is 12.7 Å². The number of anilines is 1. The van der Waals surface area contributed by atoms with Gasteiger partial charge in [0.2, 0.25) is 5.91 Å². The van der Waals surface area contributed by atoms with E-state index in [1.807, 2.05) is 0 Å². The number of benzene rings is 1. The van der Waals surface area contributed by atoms with Gasteiger partial charge in [-0.3, -0.25) is 4.79 Å². The molecule has 0 aromatic heterocycles. The second-order valence-electron chi connectivity index (χ2n) is 6.26. The Kier molecular flexibility index (Phi) is 3.95. The lowest BCUT2D eigenvalue weighted by molar-refractivity contribution is -0.117. The predicted molar refractivity (Wildman–Crippen MR) is 80.0 cm³/mol. The van der Waals surface area contributed by atoms with Crippen LogP contribution >= 0.6 is 0 Å². The maximum atomic E-state index is 12.1. The number of methoxy groups -OCH3 is 1. The summed E-state index contributed by atoms with van der Waals surface area (Å²) in [6, 6.07) is 6.81. The van der Waals surface area contributed by atoms with Gasteiger partial charge < -0.3 is 10.1 Å². The summed E-state index contributed by atoms with van der Waals surface area (Å²) in [7, 11) is 1.35. The van der Waals surface area contributed by atoms with Crippen LogP contribution in [-0.2, 0) is 9.53 Å². The van der Waals surface area contributed by atoms with E-state index in [-0.39, 0.29) is 11.9 Å². The van der Waals surface area contributed by atoms with E-state index in [1.54, 1.807) is 24.3 Å². The summed E-state index contributed by atoms with van der Waals surface area (Å²) < 4.78 is 4.65. The Labute approximate surface area is 124 Å². The van der Waals surface area contributed by atoms with Gasteiger partial charge in [0.1, 0.15) is 0 Å². The average Bonchev–Trinajstić information content (AvgIpc) is 3.09. The molecule has 1 aromatic carbocycles. The topological polar surface area (TPSA) is 55.4 Å². The van der Waals surface area contributed by atoms with Crippen molar-refractivity contribution in [2.45, 2.75) is 32.1 Å². The number of nitrogens with one attached hydrogen (secondary N) is 1. The number of fused-ring (bicyclic) bond motifs is 2. The molecule has 4 nitrogen and oxygen atoms in total. The molecule has 1 aromatic rings. The van der Waals surface area contributed by atoms with Crippen LogP contribution in [0.3, 0.4) is 0 Å². The Morgan fingerprint density at radius 3 is 2.52 bits per heavy atom. The molecule has 0 saturated heterocycles. The minimum atomic E-state index is -0.366. The molecule has 112 valence electrons. The van der Waals surface area contributed by atoms with Gasteiger partial charge in [-0.15, -0.1) is 0 Å². The van der Waals surface area contributed by atoms with E-state index in [0.717, 1.165) is 17.5 Å². The lowest BCUT2D eigenvalue weighted by Gasteiger charge is -2.20. The Hall–Kier alpha value is -1.84. The van der Waals surface area contributed by atoms with Crippen LogP contribution in [0.2, 0.25) is 0 Å². The van der Waals surface area contributed by atoms with E-state index in [1.165, 1.54) is 32.8 Å². The van der Waals surface area contributed by atoms with Crippen molar-refractivity contribution in [3.8, 4) is 0 Å². The van der Waals surface area contributed by atoms with Gasteiger partial charge in [-0.25, -0.2) is 4.79 Å². The van der Waals surface area contributed by atoms with Crippen LogP contribution in [0, 0.1) is 17.8 Å². The highest BCUT2D eigenvalue weighted by Gasteiger charge is 2.40. The molecule has 0 spiro atoms. The largest absolute Gasteiger partial charge is 0.465 e. The zero-order chi connectivity index (χ0) is 14.8. The number of hydrogen-bond acceptors (Lipinski definition) is 3. The number of amides is 1. The van der Waals surface area contributed by atoms with E-state index in [0.29, 0.717) is 17.9 Å². The number of ether oxygens (including phenoxy) is 1. The molecule has 21 heavy (non-hydrogen) atoms. The Balaban J connectivity index is 1.54. The van der Waals surface area contributed by atoms with Crippen LogP contribution in [0.5, 0.6) is 0 Å². The van der Waals surface area contributed by atoms with Crippen molar-refractivity contribution in [1.82, 2.24) is 0 Å². The van der Waals surface area contributed by atoms with E-state index >= 15 is 0 Å². The fourth-order valence-electron chi connectivity index (χ4n) is 3.88. The van der Waals surface area contributed by atoms with E-state index in [2.05, 4.69) is 10.1 Å². The smallest absolute Gasteiger partial charge is 0.337 e. The Morgan fingerprint density at radius 1 is 1.19 bits per heavy atom. The van der Waals surface area contributed by atoms with Crippen molar-refractivity contribution >= 4 is 17.6 Å². The number of carbonyl (C=O) groups excluding carboxylic acids is 2. The molecule has 2 aliphatic rings. The predicted octanol–water partition coefficient (Wildman–Crippen LogP) is 3.24. The third kappa shape index (κ3) is 3.09. The van der Waals surface area contributed by atoms with Crippen LogP contribution in [0.4, 0.5) is 5.69 Å². The van der Waals surface area contributed by atoms with Crippen LogP contribution in [0.25, 0.3) is 0 Å². The first-order valence-electron chi connectivity index (χ1n) is 7.64. The number of rotatable bonds is 4. The summed E-state index contributed by atoms with van der Waals surface area (Å²) in [6.45, 7) is 0. The first-order chi connectivity index (χ1) is 10.2. The first kappa shape index (κ1) is 14.1. The van der Waals surface area contributed by atoms with Gasteiger partial charge >= 0.3 is 5.97 Å². The summed E-state index contributed by atoms with van der Waals surface area (Å²) in [4.78, 5) is 23.5. The number of esters is 1. The second-order valence-corrected chi connectivity index (χ2v) is 6.26. The zero-order valence-corrected chi connectivity index (χ0v) is 12.3. The highest BCUT2D eigenvalue weighted by atomic mass is 16.5. The monoisotopic (exact) mass is 287 g/mol. The van der Waals surface area contributed by atoms with Crippen molar-refractivity contribution in [2.75, 3.05) is 12.4 Å². The molecule has 2 bridgehead atoms. The SMILES string of the molecule is COC(=O)c1ccc(NC(=O)C[C@H]2C[C@H]3CC[C@@H]2C3)cc1. The van der Waals surface area contributed by atoms with Gasteiger partial charge in [0.25, 0.3) is 0 Å². The summed E-state index contributed by atoms with van der Waals surface area (Å²) in [6.07, 6.45) is 5.83. The summed E-state index contributed by atoms with van der Waals surface area (Å²) in [5, 5.41) is 2.92. The normalized spacial score (nSPS) is 26.6. The Morgan fingerprint density at radius 2 is 1.95 bits per heavy atom. The third-order valence-electron chi connectivity index (χ3n) is 4.92. The number of carbonyl (C=O) groups is 2. The molecule has 0 unspecified atom stereocenters. The lowest BCUT2D eigenvalue weighted by Crippen LogP contribution is -2.20. The van der Waals surface area contributed by atoms with Gasteiger partial charge in [-0.2, -0.15) is 0 Å². The molecule has 3 rings (SSSR count). The standard InChI is InChI=1S/C17H21NO3/c1-21-17(20)12-4-6-15(7-5-12)18-16(19)10-14-9-11-2-3-13(14)8-11/h4-7,11,13-14H,2-3,8-10H2,1H3,(H,18,19)/t11-,13+,14+/m0/s1. The van der Waals surface area contributed by atoms with Crippen molar-refractivity contribution in [3.63, 3.8) is 0 Å². The second kappa shape index (κ2) is 5.88. The van der Waals surface area contributed by atoms with Crippen LogP contribution in [0.15, 0.2) is 24.3 Å². The summed E-state index contributed by atoms with van der Waals surface area (Å²) in [5.74, 6) is 1.92. The van der Waals surface area contributed by atoms with Crippen molar-refractivity contribution in [2.24, 2.45) is 17.8 Å². The van der Waals surface area contributed by atoms with Gasteiger partial charge in [-0.05, 0) is 61.3 Å². The fraction of sp³-hybridized carbons (Fsp3) is 0.529. The molecule has 1 amide bonds. The van der Waals surface area contributed by atoms with Crippen molar-refractivity contribution in [1.29, 1.82) is 0 Å². The molecule has 0 heterocycles. The molecular weight excluding hydrogens is 266 g/mol. The summed E-state index contributed by atoms with van der Waals surface area (Å²) >= 11 is 0. The molecule has 0 radical (unpaired) electrons. The molecule has 1 N–H and O–H groups in total. The number of hydrogen-bond donors (Lipinski definition) is 1. The van der Waals surface area contributed by atoms with Gasteiger partial charge in [0, 0.05) is 12.1 Å². The third-order valence-corrected chi connectivity index (χ3v) is 4.92. The molecule has 2 aliphatic carbocycles. The molecule has 2 fully saturated rings. The lowest BCUT2D eigenvalue weighted by atomic mass is 9.86. The minimum absolute atomic E-state index is 0.0818. The average molecular weight is 287 g/mol. The van der Waals surface area contributed by atoms with Crippen LogP contribution in [-0.4, -0.2) is 19.0 Å². The maximum Gasteiger partial charge on any atom is 0.337 e. The quantitative estimate of drug-likeness (QED) is 0.865. The highest BCUT2D eigenvalue weighted by molar-refractivity contribution is 5.93. The minimum Gasteiger partial charge on any atom is -0.465 e. The summed E-state index contributed by atoms with van der Waals surface area (Å²) in [5.41, 5.74) is 1.22. The highest BCUT2D eigenvalue weighted by Crippen LogP contribution is 2.49. The van der Waals surface area contributed by atoms with Gasteiger partial charge in [0.15, 0.2) is 0 Å². The maximum absolute atomic E-state index is 12.1. The van der Waals surface area contributed by atoms with E-state index in [9.17, 15) is 9.59 Å². The first-order valence-corrected chi connectivity index (χ1v) is 7.64. The molecule has 4 heteroatoms. The van der Waals surface area contributed by atoms with E-state index in [4.69, 9.17) is 0 Å². The molecule has 2 saturated carbocycles. The van der Waals surface area contributed by atoms with Gasteiger partial charge in [-0.1, -0.05) is 6.42 Å². The zero-order valence-electron chi connectivity index (χ0n) is 12.3. The molecule has 3 atom stereocenters. The molecule has 0 aliphatic heterocycles. The fourth-order valence-corrected chi connectivity index (χ4v) is 3.88.